The number of rotatable bonds is 6. The van der Waals surface area contributed by atoms with Gasteiger partial charge in [-0.2, -0.15) is 4.31 Å². The first-order valence-corrected chi connectivity index (χ1v) is 11.4. The Morgan fingerprint density at radius 1 is 1.32 bits per heavy atom. The zero-order valence-electron chi connectivity index (χ0n) is 16.5. The lowest BCUT2D eigenvalue weighted by molar-refractivity contribution is -0.134. The van der Waals surface area contributed by atoms with Crippen LogP contribution in [0.4, 0.5) is 0 Å². The summed E-state index contributed by atoms with van der Waals surface area (Å²) in [5.41, 5.74) is -0.523. The molecule has 0 aliphatic carbocycles. The highest BCUT2D eigenvalue weighted by Gasteiger charge is 2.52. The van der Waals surface area contributed by atoms with Crippen LogP contribution in [-0.2, 0) is 19.6 Å². The maximum atomic E-state index is 13.0. The molecule has 0 aromatic heterocycles. The molecule has 1 aromatic carbocycles. The highest BCUT2D eigenvalue weighted by atomic mass is 35.5. The van der Waals surface area contributed by atoms with E-state index in [0.717, 1.165) is 0 Å². The molecule has 2 aliphatic rings. The van der Waals surface area contributed by atoms with E-state index in [1.807, 2.05) is 18.7 Å². The Kier molecular flexibility index (Phi) is 6.36. The van der Waals surface area contributed by atoms with Gasteiger partial charge in [-0.15, -0.1) is 0 Å². The number of sulfonamides is 1. The summed E-state index contributed by atoms with van der Waals surface area (Å²) in [7, 11) is -2.00. The number of ether oxygens (including phenoxy) is 1. The number of carbonyl (C=O) groups excluding carboxylic acids is 1. The second kappa shape index (κ2) is 8.28. The summed E-state index contributed by atoms with van der Waals surface area (Å²) in [6.45, 7) is 5.65. The molecule has 2 heterocycles. The molecule has 9 heteroatoms. The quantitative estimate of drug-likeness (QED) is 0.747. The third kappa shape index (κ3) is 3.93. The van der Waals surface area contributed by atoms with E-state index >= 15 is 0 Å². The summed E-state index contributed by atoms with van der Waals surface area (Å²) in [5, 5.41) is 3.91. The number of nitrogens with zero attached hydrogens (tertiary/aromatic N) is 2. The van der Waals surface area contributed by atoms with E-state index in [2.05, 4.69) is 5.32 Å². The van der Waals surface area contributed by atoms with Crippen LogP contribution in [0.1, 0.15) is 26.7 Å². The molecule has 2 fully saturated rings. The highest BCUT2D eigenvalue weighted by molar-refractivity contribution is 7.89. The highest BCUT2D eigenvalue weighted by Crippen LogP contribution is 2.35. The van der Waals surface area contributed by atoms with E-state index in [0.29, 0.717) is 44.1 Å². The van der Waals surface area contributed by atoms with Crippen LogP contribution in [0.5, 0.6) is 0 Å². The third-order valence-electron chi connectivity index (χ3n) is 5.64. The molecule has 1 N–H and O–H groups in total. The van der Waals surface area contributed by atoms with Gasteiger partial charge in [0.1, 0.15) is 0 Å². The lowest BCUT2D eigenvalue weighted by atomic mass is 9.97. The standard InChI is InChI=1S/C19H28ClN3O4S/c1-14(2)17-18(24)23(11-12-27-3)19(21-17)7-9-22(10-8-19)28(25,26)16-6-4-5-15(20)13-16/h4-6,13-14,17,21H,7-12H2,1-3H3. The van der Waals surface area contributed by atoms with Crippen LogP contribution in [0, 0.1) is 5.92 Å². The van der Waals surface area contributed by atoms with Crippen molar-refractivity contribution in [3.8, 4) is 0 Å². The summed E-state index contributed by atoms with van der Waals surface area (Å²) in [4.78, 5) is 15.0. The monoisotopic (exact) mass is 429 g/mol. The molecule has 28 heavy (non-hydrogen) atoms. The topological polar surface area (TPSA) is 79.0 Å². The normalized spacial score (nSPS) is 23.1. The summed E-state index contributed by atoms with van der Waals surface area (Å²) in [5.74, 6) is 0.225. The molecular weight excluding hydrogens is 402 g/mol. The number of carbonyl (C=O) groups is 1. The molecular formula is C19H28ClN3O4S. The Balaban J connectivity index is 1.79. The van der Waals surface area contributed by atoms with Crippen molar-refractivity contribution in [1.29, 1.82) is 0 Å². The van der Waals surface area contributed by atoms with Gasteiger partial charge in [0.2, 0.25) is 15.9 Å². The zero-order chi connectivity index (χ0) is 20.5. The van der Waals surface area contributed by atoms with Crippen LogP contribution in [0.3, 0.4) is 0 Å². The van der Waals surface area contributed by atoms with E-state index in [1.54, 1.807) is 25.3 Å². The zero-order valence-corrected chi connectivity index (χ0v) is 18.1. The molecule has 7 nitrogen and oxygen atoms in total. The van der Waals surface area contributed by atoms with Crippen LogP contribution in [-0.4, -0.2) is 68.6 Å². The molecule has 1 amide bonds. The molecule has 1 aromatic rings. The van der Waals surface area contributed by atoms with Gasteiger partial charge in [-0.3, -0.25) is 10.1 Å². The van der Waals surface area contributed by atoms with Crippen molar-refractivity contribution in [2.24, 2.45) is 5.92 Å². The van der Waals surface area contributed by atoms with Gasteiger partial charge in [0, 0.05) is 31.8 Å². The lowest BCUT2D eigenvalue weighted by Gasteiger charge is -2.44. The van der Waals surface area contributed by atoms with E-state index in [1.165, 1.54) is 10.4 Å². The minimum Gasteiger partial charge on any atom is -0.383 e. The molecule has 2 aliphatic heterocycles. The summed E-state index contributed by atoms with van der Waals surface area (Å²) < 4.78 is 32.6. The molecule has 1 atom stereocenters. The molecule has 2 saturated heterocycles. The van der Waals surface area contributed by atoms with Crippen molar-refractivity contribution < 1.29 is 17.9 Å². The predicted molar refractivity (Wildman–Crippen MR) is 108 cm³/mol. The molecule has 1 spiro atoms. The second-order valence-electron chi connectivity index (χ2n) is 7.74. The number of methoxy groups -OCH3 is 1. The van der Waals surface area contributed by atoms with Gasteiger partial charge in [-0.05, 0) is 37.0 Å². The predicted octanol–water partition coefficient (Wildman–Crippen LogP) is 1.92. The Morgan fingerprint density at radius 2 is 2.00 bits per heavy atom. The van der Waals surface area contributed by atoms with Gasteiger partial charge in [-0.1, -0.05) is 31.5 Å². The number of nitrogens with one attached hydrogen (secondary N) is 1. The summed E-state index contributed by atoms with van der Waals surface area (Å²) in [6, 6.07) is 6.06. The fraction of sp³-hybridized carbons (Fsp3) is 0.632. The lowest BCUT2D eigenvalue weighted by Crippen LogP contribution is -2.60. The van der Waals surface area contributed by atoms with Gasteiger partial charge in [-0.25, -0.2) is 8.42 Å². The SMILES string of the molecule is COCCN1C(=O)C(C(C)C)NC12CCN(S(=O)(=O)c1cccc(Cl)c1)CC2. The smallest absolute Gasteiger partial charge is 0.243 e. The minimum atomic E-state index is -3.62. The maximum absolute atomic E-state index is 13.0. The molecule has 1 unspecified atom stereocenters. The Bertz CT molecular complexity index is 822. The molecule has 0 saturated carbocycles. The van der Waals surface area contributed by atoms with Crippen LogP contribution >= 0.6 is 11.6 Å². The van der Waals surface area contributed by atoms with Gasteiger partial charge in [0.25, 0.3) is 0 Å². The van der Waals surface area contributed by atoms with E-state index < -0.39 is 15.7 Å². The van der Waals surface area contributed by atoms with Crippen LogP contribution in [0.25, 0.3) is 0 Å². The van der Waals surface area contributed by atoms with Crippen molar-refractivity contribution in [3.63, 3.8) is 0 Å². The van der Waals surface area contributed by atoms with Crippen molar-refractivity contribution in [2.45, 2.75) is 43.3 Å². The van der Waals surface area contributed by atoms with Crippen molar-refractivity contribution in [2.75, 3.05) is 33.4 Å². The molecule has 3 rings (SSSR count). The Morgan fingerprint density at radius 3 is 2.57 bits per heavy atom. The number of amides is 1. The minimum absolute atomic E-state index is 0.0678. The Labute approximate surface area is 172 Å². The van der Waals surface area contributed by atoms with Gasteiger partial charge >= 0.3 is 0 Å². The number of benzene rings is 1. The van der Waals surface area contributed by atoms with E-state index in [-0.39, 0.29) is 22.8 Å². The van der Waals surface area contributed by atoms with Crippen LogP contribution in [0.15, 0.2) is 29.2 Å². The molecule has 0 radical (unpaired) electrons. The average molecular weight is 430 g/mol. The van der Waals surface area contributed by atoms with Gasteiger partial charge in [0.05, 0.1) is 23.2 Å². The number of hydrogen-bond acceptors (Lipinski definition) is 5. The van der Waals surface area contributed by atoms with Crippen molar-refractivity contribution in [3.05, 3.63) is 29.3 Å². The van der Waals surface area contributed by atoms with Crippen molar-refractivity contribution >= 4 is 27.5 Å². The fourth-order valence-corrected chi connectivity index (χ4v) is 5.80. The van der Waals surface area contributed by atoms with Gasteiger partial charge in [0.15, 0.2) is 0 Å². The number of piperidine rings is 1. The number of halogens is 1. The number of hydrogen-bond donors (Lipinski definition) is 1. The first-order chi connectivity index (χ1) is 13.2. The first kappa shape index (κ1) is 21.5. The van der Waals surface area contributed by atoms with Gasteiger partial charge < -0.3 is 9.64 Å². The molecule has 156 valence electrons. The Hall–Kier alpha value is -1.19. The van der Waals surface area contributed by atoms with E-state index in [4.69, 9.17) is 16.3 Å². The first-order valence-electron chi connectivity index (χ1n) is 9.55. The van der Waals surface area contributed by atoms with Crippen LogP contribution < -0.4 is 5.32 Å². The van der Waals surface area contributed by atoms with Crippen LogP contribution in [0.2, 0.25) is 5.02 Å². The summed E-state index contributed by atoms with van der Waals surface area (Å²) >= 11 is 5.97. The molecule has 0 bridgehead atoms. The average Bonchev–Trinajstić information content (AvgIpc) is 2.92. The van der Waals surface area contributed by atoms with E-state index in [9.17, 15) is 13.2 Å². The maximum Gasteiger partial charge on any atom is 0.243 e. The fourth-order valence-electron chi connectivity index (χ4n) is 4.05. The third-order valence-corrected chi connectivity index (χ3v) is 7.77. The summed E-state index contributed by atoms with van der Waals surface area (Å²) in [6.07, 6.45) is 1.07. The largest absolute Gasteiger partial charge is 0.383 e. The second-order valence-corrected chi connectivity index (χ2v) is 10.1. The van der Waals surface area contributed by atoms with Crippen molar-refractivity contribution in [1.82, 2.24) is 14.5 Å².